The molecule has 2 aromatic carbocycles. The van der Waals surface area contributed by atoms with Crippen LogP contribution in [0, 0.1) is 0 Å². The second kappa shape index (κ2) is 7.10. The fourth-order valence-electron chi connectivity index (χ4n) is 2.63. The quantitative estimate of drug-likeness (QED) is 0.523. The highest BCUT2D eigenvalue weighted by atomic mass is 16.5. The van der Waals surface area contributed by atoms with Crippen molar-refractivity contribution in [1.82, 2.24) is 0 Å². The van der Waals surface area contributed by atoms with Crippen LogP contribution in [0.4, 0.5) is 5.69 Å². The van der Waals surface area contributed by atoms with E-state index in [2.05, 4.69) is 54.4 Å². The van der Waals surface area contributed by atoms with Gasteiger partial charge in [-0.1, -0.05) is 60.7 Å². The summed E-state index contributed by atoms with van der Waals surface area (Å²) in [6, 6.07) is 14.4. The summed E-state index contributed by atoms with van der Waals surface area (Å²) in [5.41, 5.74) is 3.42. The minimum Gasteiger partial charge on any atom is -0.476 e. The zero-order chi connectivity index (χ0) is 16.1. The van der Waals surface area contributed by atoms with Crippen molar-refractivity contribution < 1.29 is 4.74 Å². The van der Waals surface area contributed by atoms with E-state index in [0.717, 1.165) is 17.5 Å². The van der Waals surface area contributed by atoms with E-state index >= 15 is 0 Å². The van der Waals surface area contributed by atoms with Crippen LogP contribution in [-0.2, 0) is 4.74 Å². The topological polar surface area (TPSA) is 21.6 Å². The van der Waals surface area contributed by atoms with Gasteiger partial charge in [0.05, 0.1) is 5.69 Å². The first-order valence-corrected chi connectivity index (χ1v) is 7.93. The van der Waals surface area contributed by atoms with Crippen LogP contribution in [0.5, 0.6) is 0 Å². The third-order valence-electron chi connectivity index (χ3n) is 3.97. The number of allylic oxidation sites excluding steroid dienone is 4. The van der Waals surface area contributed by atoms with Gasteiger partial charge in [0.25, 0.3) is 0 Å². The van der Waals surface area contributed by atoms with E-state index in [1.54, 1.807) is 0 Å². The fourth-order valence-corrected chi connectivity index (χ4v) is 2.63. The zero-order valence-electron chi connectivity index (χ0n) is 13.6. The molecular formula is C21H21NO. The molecule has 3 rings (SSSR count). The maximum Gasteiger partial charge on any atom is 0.185 e. The standard InChI is InChI=1S/C21H21NO/c1-16-9-4-3-5-11-19(16)15-23-17(2)22-21-14-8-12-18-10-6-7-13-20(18)21/h3-4,6-14H,5,15H2,1-2H3. The Balaban J connectivity index is 1.76. The molecule has 2 aromatic rings. The monoisotopic (exact) mass is 303 g/mol. The summed E-state index contributed by atoms with van der Waals surface area (Å²) in [5, 5.41) is 2.34. The Hall–Kier alpha value is -2.61. The van der Waals surface area contributed by atoms with Gasteiger partial charge in [-0.3, -0.25) is 0 Å². The Morgan fingerprint density at radius 3 is 2.87 bits per heavy atom. The smallest absolute Gasteiger partial charge is 0.185 e. The summed E-state index contributed by atoms with van der Waals surface area (Å²) in [5.74, 6) is 0.687. The van der Waals surface area contributed by atoms with Gasteiger partial charge in [0.2, 0.25) is 0 Å². The molecule has 2 heteroatoms. The third-order valence-corrected chi connectivity index (χ3v) is 3.97. The van der Waals surface area contributed by atoms with E-state index in [9.17, 15) is 0 Å². The van der Waals surface area contributed by atoms with Crippen LogP contribution in [0.15, 0.2) is 82.9 Å². The lowest BCUT2D eigenvalue weighted by atomic mass is 10.1. The van der Waals surface area contributed by atoms with Crippen molar-refractivity contribution in [2.45, 2.75) is 20.3 Å². The predicted octanol–water partition coefficient (Wildman–Crippen LogP) is 5.74. The molecule has 1 aliphatic carbocycles. The molecular weight excluding hydrogens is 282 g/mol. The maximum absolute atomic E-state index is 5.87. The van der Waals surface area contributed by atoms with E-state index in [1.807, 2.05) is 31.2 Å². The fraction of sp³-hybridized carbons (Fsp3) is 0.190. The Labute approximate surface area is 137 Å². The zero-order valence-corrected chi connectivity index (χ0v) is 13.6. The minimum absolute atomic E-state index is 0.560. The molecule has 23 heavy (non-hydrogen) atoms. The van der Waals surface area contributed by atoms with Crippen molar-refractivity contribution in [2.75, 3.05) is 6.61 Å². The molecule has 1 aliphatic rings. The van der Waals surface area contributed by atoms with E-state index < -0.39 is 0 Å². The summed E-state index contributed by atoms with van der Waals surface area (Å²) in [4.78, 5) is 4.65. The SMILES string of the molecule is CC1=CC=CCC=C1COC(C)=Nc1cccc2ccccc12. The molecule has 2 nitrogen and oxygen atoms in total. The first-order valence-electron chi connectivity index (χ1n) is 7.93. The summed E-state index contributed by atoms with van der Waals surface area (Å²) in [7, 11) is 0. The summed E-state index contributed by atoms with van der Waals surface area (Å²) in [6.07, 6.45) is 9.52. The number of nitrogens with zero attached hydrogens (tertiary/aromatic N) is 1. The van der Waals surface area contributed by atoms with Crippen molar-refractivity contribution in [1.29, 1.82) is 0 Å². The number of aliphatic imine (C=N–C) groups is 1. The number of benzene rings is 2. The van der Waals surface area contributed by atoms with Crippen LogP contribution in [-0.4, -0.2) is 12.5 Å². The minimum atomic E-state index is 0.560. The highest BCUT2D eigenvalue weighted by Gasteiger charge is 2.04. The first kappa shape index (κ1) is 15.3. The van der Waals surface area contributed by atoms with E-state index in [-0.39, 0.29) is 0 Å². The van der Waals surface area contributed by atoms with Crippen molar-refractivity contribution in [3.05, 3.63) is 77.9 Å². The predicted molar refractivity (Wildman–Crippen MR) is 98.3 cm³/mol. The van der Waals surface area contributed by atoms with Crippen LogP contribution in [0.3, 0.4) is 0 Å². The molecule has 0 heterocycles. The Morgan fingerprint density at radius 1 is 1.13 bits per heavy atom. The van der Waals surface area contributed by atoms with Gasteiger partial charge in [-0.05, 0) is 35.9 Å². The molecule has 0 saturated carbocycles. The third kappa shape index (κ3) is 3.78. The van der Waals surface area contributed by atoms with Crippen molar-refractivity contribution in [3.8, 4) is 0 Å². The van der Waals surface area contributed by atoms with E-state index in [4.69, 9.17) is 4.74 Å². The van der Waals surface area contributed by atoms with Crippen LogP contribution in [0.1, 0.15) is 20.3 Å². The average molecular weight is 303 g/mol. The summed E-state index contributed by atoms with van der Waals surface area (Å²) in [6.45, 7) is 4.59. The molecule has 0 fully saturated rings. The van der Waals surface area contributed by atoms with Crippen LogP contribution < -0.4 is 0 Å². The summed E-state index contributed by atoms with van der Waals surface area (Å²) < 4.78 is 5.87. The molecule has 0 radical (unpaired) electrons. The molecule has 116 valence electrons. The number of rotatable bonds is 3. The van der Waals surface area contributed by atoms with Gasteiger partial charge in [0.15, 0.2) is 5.90 Å². The van der Waals surface area contributed by atoms with Gasteiger partial charge in [0.1, 0.15) is 6.61 Å². The largest absolute Gasteiger partial charge is 0.476 e. The van der Waals surface area contributed by atoms with Crippen LogP contribution >= 0.6 is 0 Å². The Kier molecular flexibility index (Phi) is 4.72. The molecule has 0 aliphatic heterocycles. The molecule has 0 bridgehead atoms. The molecule has 0 spiro atoms. The lowest BCUT2D eigenvalue weighted by Gasteiger charge is -2.10. The van der Waals surface area contributed by atoms with Crippen molar-refractivity contribution >= 4 is 22.4 Å². The van der Waals surface area contributed by atoms with Crippen molar-refractivity contribution in [2.24, 2.45) is 4.99 Å². The number of hydrogen-bond donors (Lipinski definition) is 0. The van der Waals surface area contributed by atoms with Gasteiger partial charge < -0.3 is 4.74 Å². The lowest BCUT2D eigenvalue weighted by molar-refractivity contribution is 0.338. The molecule has 0 amide bonds. The lowest BCUT2D eigenvalue weighted by Crippen LogP contribution is -2.04. The van der Waals surface area contributed by atoms with Gasteiger partial charge in [0, 0.05) is 12.3 Å². The number of hydrogen-bond acceptors (Lipinski definition) is 2. The summed E-state index contributed by atoms with van der Waals surface area (Å²) >= 11 is 0. The van der Waals surface area contributed by atoms with Gasteiger partial charge in [-0.15, -0.1) is 0 Å². The molecule has 0 N–H and O–H groups in total. The van der Waals surface area contributed by atoms with Gasteiger partial charge in [-0.2, -0.15) is 0 Å². The number of fused-ring (bicyclic) bond motifs is 1. The van der Waals surface area contributed by atoms with Gasteiger partial charge in [-0.25, -0.2) is 4.99 Å². The van der Waals surface area contributed by atoms with E-state index in [1.165, 1.54) is 16.5 Å². The molecule has 0 atom stereocenters. The first-order chi connectivity index (χ1) is 11.2. The molecule has 0 saturated heterocycles. The van der Waals surface area contributed by atoms with Gasteiger partial charge >= 0.3 is 0 Å². The Morgan fingerprint density at radius 2 is 1.96 bits per heavy atom. The second-order valence-electron chi connectivity index (χ2n) is 5.66. The second-order valence-corrected chi connectivity index (χ2v) is 5.66. The Bertz CT molecular complexity index is 819. The maximum atomic E-state index is 5.87. The molecule has 0 aromatic heterocycles. The van der Waals surface area contributed by atoms with Crippen LogP contribution in [0.25, 0.3) is 10.8 Å². The highest BCUT2D eigenvalue weighted by molar-refractivity contribution is 5.94. The molecule has 0 unspecified atom stereocenters. The van der Waals surface area contributed by atoms with Crippen molar-refractivity contribution in [3.63, 3.8) is 0 Å². The average Bonchev–Trinajstić information content (AvgIpc) is 2.78. The van der Waals surface area contributed by atoms with E-state index in [0.29, 0.717) is 12.5 Å². The number of ether oxygens (including phenoxy) is 1. The normalized spacial score (nSPS) is 15.1. The highest BCUT2D eigenvalue weighted by Crippen LogP contribution is 2.26. The van der Waals surface area contributed by atoms with Crippen LogP contribution in [0.2, 0.25) is 0 Å².